The van der Waals surface area contributed by atoms with E-state index in [0.717, 1.165) is 19.0 Å². The molecule has 4 heterocycles. The van der Waals surface area contributed by atoms with Crippen LogP contribution in [-0.4, -0.2) is 73.1 Å². The molecular weight excluding hydrogens is 574 g/mol. The summed E-state index contributed by atoms with van der Waals surface area (Å²) in [6, 6.07) is -2.79. The number of rotatable bonds is 8. The lowest BCUT2D eigenvalue weighted by Crippen LogP contribution is -2.58. The summed E-state index contributed by atoms with van der Waals surface area (Å²) in [5.74, 6) is -7.28. The largest absolute Gasteiger partial charge is 0.342 e. The SMILES string of the molecule is O=C(N[C@H](c1cn2ncc(C(C(F)F)N3CC(F)(F)CNC3=O)cc2n1)C1CCC(F)(F)CC1)c1nonc1C1CC1. The van der Waals surface area contributed by atoms with Gasteiger partial charge in [0, 0.05) is 24.3 Å². The Hall–Kier alpha value is -3.92. The fourth-order valence-electron chi connectivity index (χ4n) is 5.61. The first-order valence-electron chi connectivity index (χ1n) is 13.5. The van der Waals surface area contributed by atoms with E-state index in [4.69, 9.17) is 4.63 Å². The van der Waals surface area contributed by atoms with Crippen molar-refractivity contribution in [2.24, 2.45) is 5.92 Å². The van der Waals surface area contributed by atoms with Gasteiger partial charge in [-0.25, -0.2) is 45.3 Å². The number of alkyl halides is 6. The molecule has 3 amide bonds. The lowest BCUT2D eigenvalue weighted by atomic mass is 9.81. The van der Waals surface area contributed by atoms with Gasteiger partial charge in [0.1, 0.15) is 11.7 Å². The number of nitrogens with zero attached hydrogens (tertiary/aromatic N) is 6. The number of nitrogens with one attached hydrogen (secondary N) is 2. The summed E-state index contributed by atoms with van der Waals surface area (Å²) in [5.41, 5.74) is 0.420. The Labute approximate surface area is 234 Å². The highest BCUT2D eigenvalue weighted by molar-refractivity contribution is 5.93. The zero-order valence-corrected chi connectivity index (χ0v) is 22.0. The van der Waals surface area contributed by atoms with Crippen molar-refractivity contribution in [1.29, 1.82) is 0 Å². The average Bonchev–Trinajstić information content (AvgIpc) is 3.49. The minimum absolute atomic E-state index is 0.0100. The maximum absolute atomic E-state index is 14.2. The summed E-state index contributed by atoms with van der Waals surface area (Å²) in [4.78, 5) is 30.3. The van der Waals surface area contributed by atoms with Gasteiger partial charge in [0.2, 0.25) is 5.92 Å². The fourth-order valence-corrected chi connectivity index (χ4v) is 5.61. The van der Waals surface area contributed by atoms with Crippen molar-refractivity contribution >= 4 is 17.6 Å². The van der Waals surface area contributed by atoms with Crippen LogP contribution in [0.15, 0.2) is 23.1 Å². The molecule has 0 spiro atoms. The average molecular weight is 601 g/mol. The van der Waals surface area contributed by atoms with Gasteiger partial charge in [-0.15, -0.1) is 0 Å². The first kappa shape index (κ1) is 28.2. The number of hydrogen-bond acceptors (Lipinski definition) is 7. The van der Waals surface area contributed by atoms with E-state index in [-0.39, 0.29) is 41.4 Å². The van der Waals surface area contributed by atoms with E-state index in [1.54, 1.807) is 0 Å². The number of amides is 3. The number of carbonyl (C=O) groups excluding carboxylic acids is 2. The molecule has 226 valence electrons. The molecular formula is C25H26F6N8O3. The second-order valence-corrected chi connectivity index (χ2v) is 11.1. The topological polar surface area (TPSA) is 131 Å². The van der Waals surface area contributed by atoms with Crippen LogP contribution in [0.4, 0.5) is 31.1 Å². The summed E-state index contributed by atoms with van der Waals surface area (Å²) in [5, 5.41) is 16.4. The minimum Gasteiger partial charge on any atom is -0.342 e. The number of carbonyl (C=O) groups is 2. The predicted octanol–water partition coefficient (Wildman–Crippen LogP) is 4.25. The maximum Gasteiger partial charge on any atom is 0.318 e. The van der Waals surface area contributed by atoms with Crippen LogP contribution in [0.2, 0.25) is 0 Å². The zero-order valence-electron chi connectivity index (χ0n) is 22.0. The van der Waals surface area contributed by atoms with Gasteiger partial charge in [0.25, 0.3) is 18.3 Å². The zero-order chi connectivity index (χ0) is 29.8. The van der Waals surface area contributed by atoms with Crippen LogP contribution >= 0.6 is 0 Å². The Morgan fingerprint density at radius 2 is 1.83 bits per heavy atom. The predicted molar refractivity (Wildman–Crippen MR) is 130 cm³/mol. The van der Waals surface area contributed by atoms with Crippen LogP contribution in [0.3, 0.4) is 0 Å². The summed E-state index contributed by atoms with van der Waals surface area (Å²) < 4.78 is 90.2. The molecule has 0 bridgehead atoms. The summed E-state index contributed by atoms with van der Waals surface area (Å²) in [6.45, 7) is -2.18. The molecule has 11 nitrogen and oxygen atoms in total. The highest BCUT2D eigenvalue weighted by atomic mass is 19.3. The molecule has 42 heavy (non-hydrogen) atoms. The highest BCUT2D eigenvalue weighted by Gasteiger charge is 2.45. The van der Waals surface area contributed by atoms with E-state index in [9.17, 15) is 35.9 Å². The van der Waals surface area contributed by atoms with Crippen molar-refractivity contribution < 1.29 is 40.6 Å². The number of hydrogen-bond donors (Lipinski definition) is 2. The third kappa shape index (κ3) is 5.60. The van der Waals surface area contributed by atoms with Crippen molar-refractivity contribution in [2.75, 3.05) is 13.1 Å². The van der Waals surface area contributed by atoms with Gasteiger partial charge in [-0.3, -0.25) is 4.79 Å². The van der Waals surface area contributed by atoms with Crippen LogP contribution in [0.25, 0.3) is 5.65 Å². The monoisotopic (exact) mass is 600 g/mol. The van der Waals surface area contributed by atoms with Crippen molar-refractivity contribution in [1.82, 2.24) is 40.4 Å². The smallest absolute Gasteiger partial charge is 0.318 e. The van der Waals surface area contributed by atoms with Crippen molar-refractivity contribution in [3.8, 4) is 0 Å². The van der Waals surface area contributed by atoms with Crippen LogP contribution in [0.5, 0.6) is 0 Å². The third-order valence-corrected chi connectivity index (χ3v) is 7.97. The Bertz CT molecular complexity index is 1480. The van der Waals surface area contributed by atoms with E-state index in [2.05, 4.69) is 25.7 Å². The van der Waals surface area contributed by atoms with Crippen molar-refractivity contribution in [2.45, 2.75) is 74.8 Å². The second-order valence-electron chi connectivity index (χ2n) is 11.1. The van der Waals surface area contributed by atoms with Gasteiger partial charge in [-0.2, -0.15) is 5.10 Å². The first-order valence-corrected chi connectivity index (χ1v) is 13.5. The molecule has 2 atom stereocenters. The molecule has 2 N–H and O–H groups in total. The highest BCUT2D eigenvalue weighted by Crippen LogP contribution is 2.43. The van der Waals surface area contributed by atoms with Gasteiger partial charge < -0.3 is 15.5 Å². The second kappa shape index (κ2) is 10.4. The van der Waals surface area contributed by atoms with Gasteiger partial charge in [-0.1, -0.05) is 5.16 Å². The van der Waals surface area contributed by atoms with Crippen molar-refractivity contribution in [3.05, 3.63) is 41.1 Å². The van der Waals surface area contributed by atoms with E-state index in [0.29, 0.717) is 10.6 Å². The Morgan fingerprint density at radius 1 is 1.10 bits per heavy atom. The summed E-state index contributed by atoms with van der Waals surface area (Å²) >= 11 is 0. The summed E-state index contributed by atoms with van der Waals surface area (Å²) in [7, 11) is 0. The van der Waals surface area contributed by atoms with Crippen LogP contribution in [0.1, 0.15) is 84.0 Å². The molecule has 1 aliphatic heterocycles. The first-order chi connectivity index (χ1) is 19.9. The Morgan fingerprint density at radius 3 is 2.52 bits per heavy atom. The molecule has 3 fully saturated rings. The van der Waals surface area contributed by atoms with Crippen LogP contribution in [-0.2, 0) is 0 Å². The number of aromatic nitrogens is 5. The molecule has 0 radical (unpaired) electrons. The molecule has 3 aromatic heterocycles. The number of halogens is 6. The van der Waals surface area contributed by atoms with E-state index < -0.39 is 74.1 Å². The number of urea groups is 1. The number of fused-ring (bicyclic) bond motifs is 1. The Balaban J connectivity index is 1.32. The molecule has 3 aliphatic rings. The third-order valence-electron chi connectivity index (χ3n) is 7.97. The molecule has 3 aromatic rings. The fraction of sp³-hybridized carbons (Fsp3) is 0.600. The minimum atomic E-state index is -3.42. The molecule has 17 heteroatoms. The van der Waals surface area contributed by atoms with Crippen LogP contribution < -0.4 is 10.6 Å². The van der Waals surface area contributed by atoms with Gasteiger partial charge >= 0.3 is 6.03 Å². The van der Waals surface area contributed by atoms with E-state index in [1.807, 2.05) is 5.32 Å². The lowest BCUT2D eigenvalue weighted by molar-refractivity contribution is -0.0638. The van der Waals surface area contributed by atoms with Crippen molar-refractivity contribution in [3.63, 3.8) is 0 Å². The molecule has 2 saturated carbocycles. The molecule has 0 aromatic carbocycles. The molecule has 1 saturated heterocycles. The summed E-state index contributed by atoms with van der Waals surface area (Å²) in [6.07, 6.45) is 0.237. The molecule has 2 aliphatic carbocycles. The van der Waals surface area contributed by atoms with Gasteiger partial charge in [0.15, 0.2) is 11.3 Å². The quantitative estimate of drug-likeness (QED) is 0.370. The van der Waals surface area contributed by atoms with E-state index in [1.165, 1.54) is 16.8 Å². The van der Waals surface area contributed by atoms with E-state index >= 15 is 0 Å². The number of imidazole rings is 1. The standard InChI is InChI=1S/C25H26F6N8O3/c26-21(27)20(38-11-25(30,31)10-32-23(38)41)14-7-16-34-15(9-39(16)33-8-14)17(13-3-5-24(28,29)6-4-13)35-22(40)19-18(12-1-2-12)36-42-37-19/h7-9,12-13,17,20-21H,1-6,10-11H2,(H,32,41)(H,35,40)/t17-,20?/m0/s1. The Kier molecular flexibility index (Phi) is 7.00. The van der Waals surface area contributed by atoms with Crippen LogP contribution in [0, 0.1) is 5.92 Å². The van der Waals surface area contributed by atoms with Gasteiger partial charge in [0.05, 0.1) is 37.2 Å². The molecule has 1 unspecified atom stereocenters. The normalized spacial score (nSPS) is 22.3. The molecule has 6 rings (SSSR count). The maximum atomic E-state index is 14.2. The lowest BCUT2D eigenvalue weighted by Gasteiger charge is -2.37. The van der Waals surface area contributed by atoms with Gasteiger partial charge in [-0.05, 0) is 42.8 Å².